The Morgan fingerprint density at radius 2 is 2.15 bits per heavy atom. The molecule has 0 amide bonds. The fourth-order valence-corrected chi connectivity index (χ4v) is 1.52. The van der Waals surface area contributed by atoms with Crippen LogP contribution in [0.15, 0.2) is 30.3 Å². The topological polar surface area (TPSA) is 65.1 Å². The van der Waals surface area contributed by atoms with E-state index in [4.69, 9.17) is 4.55 Å². The summed E-state index contributed by atoms with van der Waals surface area (Å²) < 4.78 is 21.4. The van der Waals surface area contributed by atoms with Crippen molar-refractivity contribution in [2.75, 3.05) is 4.72 Å². The van der Waals surface area contributed by atoms with Crippen LogP contribution in [0.4, 0.5) is 5.82 Å². The lowest BCUT2D eigenvalue weighted by molar-refractivity contribution is 0.570. The van der Waals surface area contributed by atoms with Gasteiger partial charge in [0.15, 0.2) is 0 Å². The van der Waals surface area contributed by atoms with Gasteiger partial charge in [-0.15, -0.1) is 0 Å². The highest BCUT2D eigenvalue weighted by Gasteiger charge is 2.00. The van der Waals surface area contributed by atoms with Crippen LogP contribution in [0.3, 0.4) is 0 Å². The van der Waals surface area contributed by atoms with E-state index in [1.165, 1.54) is 0 Å². The van der Waals surface area contributed by atoms with E-state index in [0.717, 1.165) is 10.9 Å². The summed E-state index contributed by atoms with van der Waals surface area (Å²) in [6.45, 7) is 0. The fraction of sp³-hybridized carbons (Fsp3) is 0. The highest BCUT2D eigenvalue weighted by Crippen LogP contribution is 2.17. The Balaban J connectivity index is 2.44. The van der Waals surface area contributed by atoms with Crippen LogP contribution in [-0.2, 0) is 11.3 Å². The Morgan fingerprint density at radius 1 is 1.38 bits per heavy atom. The lowest BCUT2D eigenvalue weighted by Gasteiger charge is -1.93. The van der Waals surface area contributed by atoms with Crippen molar-refractivity contribution in [3.05, 3.63) is 30.3 Å². The van der Waals surface area contributed by atoms with E-state index in [2.05, 4.69) is 9.71 Å². The molecule has 4 nitrogen and oxygen atoms in total. The average molecular weight is 196 g/mol. The molecule has 0 saturated carbocycles. The van der Waals surface area contributed by atoms with Crippen molar-refractivity contribution in [2.24, 2.45) is 0 Å². The van der Waals surface area contributed by atoms with E-state index in [1.807, 2.05) is 24.3 Å². The number of aromatic amines is 1. The second kappa shape index (κ2) is 3.20. The van der Waals surface area contributed by atoms with Crippen LogP contribution < -0.4 is 4.72 Å². The van der Waals surface area contributed by atoms with E-state index < -0.39 is 11.3 Å². The first-order valence-electron chi connectivity index (χ1n) is 3.71. The molecule has 0 aliphatic carbocycles. The Kier molecular flexibility index (Phi) is 2.03. The second-order valence-corrected chi connectivity index (χ2v) is 3.32. The number of H-pyrrole nitrogens is 1. The van der Waals surface area contributed by atoms with Crippen LogP contribution in [0.2, 0.25) is 0 Å². The monoisotopic (exact) mass is 196 g/mol. The smallest absolute Gasteiger partial charge is 0.260 e. The number of hydrogen-bond donors (Lipinski definition) is 3. The molecule has 0 saturated heterocycles. The zero-order chi connectivity index (χ0) is 9.26. The largest absolute Gasteiger partial charge is 0.341 e. The summed E-state index contributed by atoms with van der Waals surface area (Å²) in [5.41, 5.74) is 0.940. The molecule has 0 spiro atoms. The lowest BCUT2D eigenvalue weighted by atomic mass is 10.3. The first-order valence-corrected chi connectivity index (χ1v) is 4.81. The molecule has 0 fully saturated rings. The summed E-state index contributed by atoms with van der Waals surface area (Å²) in [5, 5.41) is 1.01. The molecule has 3 N–H and O–H groups in total. The zero-order valence-corrected chi connectivity index (χ0v) is 7.47. The number of benzene rings is 1. The maximum Gasteiger partial charge on any atom is 0.260 e. The zero-order valence-electron chi connectivity index (χ0n) is 6.65. The summed E-state index contributed by atoms with van der Waals surface area (Å²) in [7, 11) is 0. The SMILES string of the molecule is O=S(O)Nc1cc2ccccc2[nH]1. The van der Waals surface area contributed by atoms with Crippen LogP contribution in [0.25, 0.3) is 10.9 Å². The van der Waals surface area contributed by atoms with E-state index in [0.29, 0.717) is 5.82 Å². The minimum atomic E-state index is -2.02. The molecule has 1 aromatic carbocycles. The third-order valence-electron chi connectivity index (χ3n) is 1.73. The van der Waals surface area contributed by atoms with Crippen LogP contribution in [0.1, 0.15) is 0 Å². The Bertz CT molecular complexity index is 419. The molecule has 0 bridgehead atoms. The van der Waals surface area contributed by atoms with Gasteiger partial charge in [0.1, 0.15) is 5.82 Å². The lowest BCUT2D eigenvalue weighted by Crippen LogP contribution is -2.01. The fourth-order valence-electron chi connectivity index (χ4n) is 1.22. The van der Waals surface area contributed by atoms with Gasteiger partial charge in [-0.2, -0.15) is 0 Å². The molecule has 68 valence electrons. The van der Waals surface area contributed by atoms with Gasteiger partial charge in [0, 0.05) is 10.9 Å². The number of anilines is 1. The molecule has 0 aliphatic heterocycles. The summed E-state index contributed by atoms with van der Waals surface area (Å²) in [4.78, 5) is 2.96. The van der Waals surface area contributed by atoms with Crippen LogP contribution in [-0.4, -0.2) is 13.7 Å². The minimum Gasteiger partial charge on any atom is -0.341 e. The third-order valence-corrected chi connectivity index (χ3v) is 2.12. The summed E-state index contributed by atoms with van der Waals surface area (Å²) >= 11 is -2.02. The van der Waals surface area contributed by atoms with Gasteiger partial charge in [-0.25, -0.2) is 4.21 Å². The Labute approximate surface area is 77.4 Å². The number of hydrogen-bond acceptors (Lipinski definition) is 1. The van der Waals surface area contributed by atoms with Gasteiger partial charge < -0.3 is 4.98 Å². The molecule has 0 radical (unpaired) electrons. The summed E-state index contributed by atoms with van der Waals surface area (Å²) in [5.74, 6) is 0.544. The van der Waals surface area contributed by atoms with Crippen LogP contribution in [0, 0.1) is 0 Å². The molecule has 2 rings (SSSR count). The quantitative estimate of drug-likeness (QED) is 0.640. The van der Waals surface area contributed by atoms with Crippen LogP contribution in [0.5, 0.6) is 0 Å². The highest BCUT2D eigenvalue weighted by molar-refractivity contribution is 7.80. The van der Waals surface area contributed by atoms with E-state index in [-0.39, 0.29) is 0 Å². The minimum absolute atomic E-state index is 0.544. The Hall–Kier alpha value is -1.33. The van der Waals surface area contributed by atoms with Gasteiger partial charge in [0.2, 0.25) is 0 Å². The summed E-state index contributed by atoms with van der Waals surface area (Å²) in [6, 6.07) is 9.43. The molecule has 0 aliphatic rings. The first kappa shape index (κ1) is 8.28. The number of rotatable bonds is 2. The molecule has 2 aromatic rings. The van der Waals surface area contributed by atoms with Crippen molar-refractivity contribution in [2.45, 2.75) is 0 Å². The van der Waals surface area contributed by atoms with Gasteiger partial charge in [-0.1, -0.05) is 18.2 Å². The molecular weight excluding hydrogens is 188 g/mol. The van der Waals surface area contributed by atoms with Crippen molar-refractivity contribution < 1.29 is 8.76 Å². The highest BCUT2D eigenvalue weighted by atomic mass is 32.2. The molecule has 1 heterocycles. The molecule has 1 aromatic heterocycles. The van der Waals surface area contributed by atoms with Gasteiger partial charge in [-0.05, 0) is 12.1 Å². The molecular formula is C8H8N2O2S. The number of para-hydroxylation sites is 1. The predicted molar refractivity (Wildman–Crippen MR) is 52.7 cm³/mol. The summed E-state index contributed by atoms with van der Waals surface area (Å²) in [6.07, 6.45) is 0. The standard InChI is InChI=1S/C8H8N2O2S/c11-13(12)10-8-5-6-3-1-2-4-7(6)9-8/h1-5,9-10H,(H,11,12). The van der Waals surface area contributed by atoms with Gasteiger partial charge in [0.25, 0.3) is 11.3 Å². The third kappa shape index (κ3) is 1.71. The van der Waals surface area contributed by atoms with E-state index in [1.54, 1.807) is 6.07 Å². The van der Waals surface area contributed by atoms with Gasteiger partial charge >= 0.3 is 0 Å². The molecule has 13 heavy (non-hydrogen) atoms. The van der Waals surface area contributed by atoms with Crippen molar-refractivity contribution in [3.8, 4) is 0 Å². The maximum atomic E-state index is 10.4. The average Bonchev–Trinajstić information content (AvgIpc) is 2.44. The molecule has 5 heteroatoms. The van der Waals surface area contributed by atoms with Crippen LogP contribution >= 0.6 is 0 Å². The predicted octanol–water partition coefficient (Wildman–Crippen LogP) is 1.72. The van der Waals surface area contributed by atoms with Crippen molar-refractivity contribution in [3.63, 3.8) is 0 Å². The van der Waals surface area contributed by atoms with Crippen molar-refractivity contribution >= 4 is 28.0 Å². The van der Waals surface area contributed by atoms with E-state index >= 15 is 0 Å². The molecule has 1 unspecified atom stereocenters. The second-order valence-electron chi connectivity index (χ2n) is 2.62. The van der Waals surface area contributed by atoms with E-state index in [9.17, 15) is 4.21 Å². The van der Waals surface area contributed by atoms with Crippen molar-refractivity contribution in [1.82, 2.24) is 4.98 Å². The number of fused-ring (bicyclic) bond motifs is 1. The number of nitrogens with one attached hydrogen (secondary N) is 2. The Morgan fingerprint density at radius 3 is 2.85 bits per heavy atom. The van der Waals surface area contributed by atoms with Gasteiger partial charge in [0.05, 0.1) is 0 Å². The van der Waals surface area contributed by atoms with Gasteiger partial charge in [-0.3, -0.25) is 9.27 Å². The maximum absolute atomic E-state index is 10.4. The first-order chi connectivity index (χ1) is 6.25. The van der Waals surface area contributed by atoms with Crippen molar-refractivity contribution in [1.29, 1.82) is 0 Å². The number of aromatic nitrogens is 1. The molecule has 1 atom stereocenters. The normalized spacial score (nSPS) is 13.0.